The van der Waals surface area contributed by atoms with Crippen molar-refractivity contribution in [3.63, 3.8) is 0 Å². The highest BCUT2D eigenvalue weighted by atomic mass is 32.1. The van der Waals surface area contributed by atoms with Crippen LogP contribution in [0.1, 0.15) is 5.56 Å². The Morgan fingerprint density at radius 2 is 1.90 bits per heavy atom. The van der Waals surface area contributed by atoms with Gasteiger partial charge in [0.1, 0.15) is 22.9 Å². The van der Waals surface area contributed by atoms with E-state index in [1.54, 1.807) is 29.6 Å². The number of aryl methyl sites for hydroxylation is 1. The molecule has 2 aromatic heterocycles. The Bertz CT molecular complexity index is 1400. The highest BCUT2D eigenvalue weighted by molar-refractivity contribution is 7.17. The summed E-state index contributed by atoms with van der Waals surface area (Å²) in [5, 5.41) is 4.30. The molecule has 1 N–H and O–H groups in total. The van der Waals surface area contributed by atoms with Crippen molar-refractivity contribution in [1.29, 1.82) is 0 Å². The van der Waals surface area contributed by atoms with Gasteiger partial charge in [0.15, 0.2) is 0 Å². The average Bonchev–Trinajstić information content (AvgIpc) is 3.17. The van der Waals surface area contributed by atoms with Crippen LogP contribution in [-0.4, -0.2) is 15.0 Å². The van der Waals surface area contributed by atoms with Crippen LogP contribution in [0.2, 0.25) is 0 Å². The second-order valence-electron chi connectivity index (χ2n) is 6.66. The molecule has 30 heavy (non-hydrogen) atoms. The van der Waals surface area contributed by atoms with Crippen LogP contribution in [-0.2, 0) is 11.3 Å². The molecule has 0 atom stereocenters. The molecule has 0 unspecified atom stereocenters. The number of aromatic nitrogens is 2. The number of hydrogen-bond acceptors (Lipinski definition) is 4. The first kappa shape index (κ1) is 19.7. The Morgan fingerprint density at radius 1 is 1.10 bits per heavy atom. The van der Waals surface area contributed by atoms with Crippen molar-refractivity contribution in [1.82, 2.24) is 9.13 Å². The number of hydrogen-bond donors (Lipinski definition) is 1. The molecule has 0 saturated carbocycles. The fourth-order valence-electron chi connectivity index (χ4n) is 3.18. The number of carbonyl (C=O) groups excluding carboxylic acids is 1. The normalized spacial score (nSPS) is 11.0. The van der Waals surface area contributed by atoms with Crippen LogP contribution < -0.4 is 16.6 Å². The minimum atomic E-state index is -1.05. The van der Waals surface area contributed by atoms with E-state index in [2.05, 4.69) is 5.32 Å². The Kier molecular flexibility index (Phi) is 5.04. The third-order valence-corrected chi connectivity index (χ3v) is 5.40. The average molecular weight is 427 g/mol. The fraction of sp³-hybridized carbons (Fsp3) is 0.0952. The summed E-state index contributed by atoms with van der Waals surface area (Å²) in [4.78, 5) is 38.5. The highest BCUT2D eigenvalue weighted by Gasteiger charge is 2.19. The zero-order valence-electron chi connectivity index (χ0n) is 15.7. The largest absolute Gasteiger partial charge is 0.336 e. The van der Waals surface area contributed by atoms with Crippen LogP contribution in [0.25, 0.3) is 15.9 Å². The van der Waals surface area contributed by atoms with Crippen LogP contribution >= 0.6 is 11.3 Å². The minimum absolute atomic E-state index is 0.182. The van der Waals surface area contributed by atoms with E-state index in [1.165, 1.54) is 0 Å². The summed E-state index contributed by atoms with van der Waals surface area (Å²) >= 11 is 1.07. The number of fused-ring (bicyclic) bond motifs is 1. The molecular formula is C21H15F2N3O3S. The molecule has 6 nitrogen and oxygen atoms in total. The predicted molar refractivity (Wildman–Crippen MR) is 111 cm³/mol. The molecule has 0 radical (unpaired) electrons. The predicted octanol–water partition coefficient (Wildman–Crippen LogP) is 3.44. The topological polar surface area (TPSA) is 73.1 Å². The molecule has 0 bridgehead atoms. The number of nitrogens with zero attached hydrogens (tertiary/aromatic N) is 2. The van der Waals surface area contributed by atoms with Crippen LogP contribution in [0.5, 0.6) is 0 Å². The molecule has 9 heteroatoms. The maximum absolute atomic E-state index is 14.3. The fourth-order valence-corrected chi connectivity index (χ4v) is 4.01. The number of carbonyl (C=O) groups is 1. The van der Waals surface area contributed by atoms with Gasteiger partial charge in [-0.1, -0.05) is 12.1 Å². The molecular weight excluding hydrogens is 412 g/mol. The van der Waals surface area contributed by atoms with Crippen molar-refractivity contribution < 1.29 is 13.6 Å². The first-order valence-corrected chi connectivity index (χ1v) is 9.78. The van der Waals surface area contributed by atoms with Crippen LogP contribution in [0.4, 0.5) is 14.5 Å². The van der Waals surface area contributed by atoms with Gasteiger partial charge in [0.2, 0.25) is 5.91 Å². The first-order chi connectivity index (χ1) is 14.3. The van der Waals surface area contributed by atoms with E-state index in [-0.39, 0.29) is 22.4 Å². The first-order valence-electron chi connectivity index (χ1n) is 8.90. The zero-order chi connectivity index (χ0) is 21.4. The number of thiophene rings is 1. The highest BCUT2D eigenvalue weighted by Crippen LogP contribution is 2.18. The molecule has 0 saturated heterocycles. The molecule has 2 aromatic carbocycles. The molecule has 4 rings (SSSR count). The summed E-state index contributed by atoms with van der Waals surface area (Å²) in [6.07, 6.45) is 0. The van der Waals surface area contributed by atoms with Gasteiger partial charge in [-0.2, -0.15) is 0 Å². The number of halogens is 2. The molecule has 0 aliphatic carbocycles. The smallest absolute Gasteiger partial charge is 0.325 e. The molecule has 1 amide bonds. The summed E-state index contributed by atoms with van der Waals surface area (Å²) < 4.78 is 29.5. The summed E-state index contributed by atoms with van der Waals surface area (Å²) in [5.41, 5.74) is -0.220. The number of benzene rings is 2. The number of nitrogens with one attached hydrogen (secondary N) is 1. The lowest BCUT2D eigenvalue weighted by Crippen LogP contribution is -2.40. The molecule has 2 heterocycles. The lowest BCUT2D eigenvalue weighted by Gasteiger charge is -2.13. The summed E-state index contributed by atoms with van der Waals surface area (Å²) in [6, 6.07) is 11.3. The number of rotatable bonds is 4. The number of amides is 1. The van der Waals surface area contributed by atoms with E-state index in [0.29, 0.717) is 16.3 Å². The Hall–Kier alpha value is -3.59. The molecule has 152 valence electrons. The Balaban J connectivity index is 1.82. The molecule has 0 spiro atoms. The molecule has 0 aliphatic rings. The van der Waals surface area contributed by atoms with Gasteiger partial charge in [0.05, 0.1) is 11.2 Å². The monoisotopic (exact) mass is 427 g/mol. The van der Waals surface area contributed by atoms with Gasteiger partial charge in [-0.15, -0.1) is 11.3 Å². The van der Waals surface area contributed by atoms with Crippen molar-refractivity contribution in [3.05, 3.63) is 91.9 Å². The lowest BCUT2D eigenvalue weighted by molar-refractivity contribution is -0.116. The molecule has 4 aromatic rings. The zero-order valence-corrected chi connectivity index (χ0v) is 16.5. The van der Waals surface area contributed by atoms with E-state index in [4.69, 9.17) is 0 Å². The maximum atomic E-state index is 14.3. The standard InChI is InChI=1S/C21H15F2N3O3S/c1-12-3-2-4-14(9-12)24-18(27)11-25-17-7-8-30-19(17)20(28)26(21(25)29)16-6-5-13(22)10-15(16)23/h2-10H,11H2,1H3,(H,24,27). The second-order valence-corrected chi connectivity index (χ2v) is 7.57. The van der Waals surface area contributed by atoms with Gasteiger partial charge in [-0.3, -0.25) is 14.2 Å². The molecule has 0 aliphatic heterocycles. The van der Waals surface area contributed by atoms with Gasteiger partial charge in [-0.05, 0) is 48.2 Å². The van der Waals surface area contributed by atoms with E-state index in [9.17, 15) is 23.2 Å². The van der Waals surface area contributed by atoms with Crippen LogP contribution in [0, 0.1) is 18.6 Å². The Labute approximate surface area is 172 Å². The van der Waals surface area contributed by atoms with Crippen molar-refractivity contribution in [2.75, 3.05) is 5.32 Å². The van der Waals surface area contributed by atoms with Crippen molar-refractivity contribution in [2.24, 2.45) is 0 Å². The van der Waals surface area contributed by atoms with E-state index >= 15 is 0 Å². The van der Waals surface area contributed by atoms with Crippen LogP contribution in [0.15, 0.2) is 63.5 Å². The van der Waals surface area contributed by atoms with Gasteiger partial charge >= 0.3 is 5.69 Å². The van der Waals surface area contributed by atoms with Gasteiger partial charge < -0.3 is 5.32 Å². The van der Waals surface area contributed by atoms with Crippen LogP contribution in [0.3, 0.4) is 0 Å². The van der Waals surface area contributed by atoms with Crippen molar-refractivity contribution in [2.45, 2.75) is 13.5 Å². The third kappa shape index (κ3) is 3.55. The maximum Gasteiger partial charge on any atom is 0.336 e. The Morgan fingerprint density at radius 3 is 2.63 bits per heavy atom. The SMILES string of the molecule is Cc1cccc(NC(=O)Cn2c(=O)n(-c3ccc(F)cc3F)c(=O)c3sccc32)c1. The van der Waals surface area contributed by atoms with Gasteiger partial charge in [-0.25, -0.2) is 18.1 Å². The molecule has 0 fully saturated rings. The minimum Gasteiger partial charge on any atom is -0.325 e. The quantitative estimate of drug-likeness (QED) is 0.542. The lowest BCUT2D eigenvalue weighted by atomic mass is 10.2. The van der Waals surface area contributed by atoms with E-state index in [0.717, 1.165) is 33.6 Å². The second kappa shape index (κ2) is 7.68. The van der Waals surface area contributed by atoms with Crippen molar-refractivity contribution >= 4 is 33.1 Å². The van der Waals surface area contributed by atoms with E-state index in [1.807, 2.05) is 13.0 Å². The number of anilines is 1. The summed E-state index contributed by atoms with van der Waals surface area (Å²) in [6.45, 7) is 1.49. The summed E-state index contributed by atoms with van der Waals surface area (Å²) in [5.74, 6) is -2.37. The third-order valence-electron chi connectivity index (χ3n) is 4.51. The van der Waals surface area contributed by atoms with E-state index < -0.39 is 28.8 Å². The summed E-state index contributed by atoms with van der Waals surface area (Å²) in [7, 11) is 0. The van der Waals surface area contributed by atoms with Gasteiger partial charge in [0.25, 0.3) is 5.56 Å². The van der Waals surface area contributed by atoms with Crippen molar-refractivity contribution in [3.8, 4) is 5.69 Å². The van der Waals surface area contributed by atoms with Gasteiger partial charge in [0, 0.05) is 11.8 Å².